The van der Waals surface area contributed by atoms with E-state index in [0.717, 1.165) is 77.0 Å². The van der Waals surface area contributed by atoms with Crippen LogP contribution in [0.1, 0.15) is 303 Å². The van der Waals surface area contributed by atoms with Crippen LogP contribution in [0.25, 0.3) is 0 Å². The maximum Gasteiger partial charge on any atom is 0.472 e. The van der Waals surface area contributed by atoms with Crippen LogP contribution in [0, 0.1) is 0 Å². The first-order valence-corrected chi connectivity index (χ1v) is 31.1. The molecule has 0 saturated heterocycles. The Morgan fingerprint density at radius 3 is 0.986 bits per heavy atom. The summed E-state index contributed by atoms with van der Waals surface area (Å²) in [5.41, 5.74) is 0. The van der Waals surface area contributed by atoms with Gasteiger partial charge in [0, 0.05) is 19.3 Å². The summed E-state index contributed by atoms with van der Waals surface area (Å²) in [4.78, 5) is 48.5. The Balaban J connectivity index is 4.68. The van der Waals surface area contributed by atoms with E-state index >= 15 is 0 Å². The summed E-state index contributed by atoms with van der Waals surface area (Å²) >= 11 is 0. The minimum Gasteiger partial charge on any atom is -0.462 e. The summed E-state index contributed by atoms with van der Waals surface area (Å²) in [5, 5.41) is 9.79. The van der Waals surface area contributed by atoms with Gasteiger partial charge in [0.2, 0.25) is 0 Å². The molecule has 0 fully saturated rings. The van der Waals surface area contributed by atoms with Gasteiger partial charge >= 0.3 is 25.7 Å². The number of carbonyl (C=O) groups is 3. The van der Waals surface area contributed by atoms with Gasteiger partial charge in [0.1, 0.15) is 12.7 Å². The minimum atomic E-state index is -4.74. The first-order valence-electron chi connectivity index (χ1n) is 29.6. The summed E-state index contributed by atoms with van der Waals surface area (Å²) in [5.74, 6) is -1.44. The normalized spacial score (nSPS) is 13.4. The highest BCUT2D eigenvalue weighted by atomic mass is 31.2. The van der Waals surface area contributed by atoms with Crippen LogP contribution in [0.15, 0.2) is 12.2 Å². The molecule has 2 N–H and O–H groups in total. The molecule has 0 aliphatic heterocycles. The van der Waals surface area contributed by atoms with E-state index in [-0.39, 0.29) is 25.9 Å². The van der Waals surface area contributed by atoms with Crippen molar-refractivity contribution in [2.45, 2.75) is 315 Å². The highest BCUT2D eigenvalue weighted by molar-refractivity contribution is 7.47. The number of esters is 3. The van der Waals surface area contributed by atoms with Crippen LogP contribution in [0.4, 0.5) is 0 Å². The van der Waals surface area contributed by atoms with Crippen molar-refractivity contribution >= 4 is 25.7 Å². The number of hydrogen-bond donors (Lipinski definition) is 2. The van der Waals surface area contributed by atoms with Gasteiger partial charge in [-0.3, -0.25) is 23.4 Å². The van der Waals surface area contributed by atoms with Crippen molar-refractivity contribution in [3.8, 4) is 0 Å². The zero-order chi connectivity index (χ0) is 51.3. The SMILES string of the molecule is CCCCCCCC/C=C\CCCCCCCC(=O)OC(COC(=O)CCCCCCCCCCCCCCCCCCC)COP(=O)(O)OCC(CO)OC(=O)CCCCCCCCCCCCC. The number of phosphoric ester groups is 1. The summed E-state index contributed by atoms with van der Waals surface area (Å²) in [6.45, 7) is 4.68. The van der Waals surface area contributed by atoms with Crippen molar-refractivity contribution in [1.82, 2.24) is 0 Å². The second-order valence-electron chi connectivity index (χ2n) is 20.2. The first kappa shape index (κ1) is 68.2. The molecule has 0 bridgehead atoms. The van der Waals surface area contributed by atoms with E-state index in [4.69, 9.17) is 23.3 Å². The van der Waals surface area contributed by atoms with E-state index in [1.54, 1.807) is 0 Å². The fourth-order valence-electron chi connectivity index (χ4n) is 8.65. The summed E-state index contributed by atoms with van der Waals surface area (Å²) < 4.78 is 39.5. The zero-order valence-corrected chi connectivity index (χ0v) is 46.7. The van der Waals surface area contributed by atoms with Gasteiger partial charge in [-0.25, -0.2) is 4.57 Å². The van der Waals surface area contributed by atoms with E-state index in [1.807, 2.05) is 0 Å². The zero-order valence-electron chi connectivity index (χ0n) is 45.8. The van der Waals surface area contributed by atoms with Gasteiger partial charge in [0.15, 0.2) is 6.10 Å². The largest absolute Gasteiger partial charge is 0.472 e. The highest BCUT2D eigenvalue weighted by Gasteiger charge is 2.28. The summed E-state index contributed by atoms with van der Waals surface area (Å²) in [6.07, 6.45) is 51.7. The molecule has 0 aromatic carbocycles. The van der Waals surface area contributed by atoms with E-state index in [2.05, 4.69) is 32.9 Å². The lowest BCUT2D eigenvalue weighted by molar-refractivity contribution is -0.161. The maximum absolute atomic E-state index is 12.9. The lowest BCUT2D eigenvalue weighted by Crippen LogP contribution is -2.30. The van der Waals surface area contributed by atoms with E-state index < -0.39 is 57.8 Å². The van der Waals surface area contributed by atoms with Crippen LogP contribution in [-0.2, 0) is 42.2 Å². The van der Waals surface area contributed by atoms with E-state index in [0.29, 0.717) is 19.3 Å². The lowest BCUT2D eigenvalue weighted by Gasteiger charge is -2.21. The summed E-state index contributed by atoms with van der Waals surface area (Å²) in [7, 11) is -4.74. The molecule has 0 aromatic rings. The Morgan fingerprint density at radius 2 is 0.657 bits per heavy atom. The second kappa shape index (κ2) is 53.5. The van der Waals surface area contributed by atoms with Crippen LogP contribution in [0.5, 0.6) is 0 Å². The number of unbranched alkanes of at least 4 members (excludes halogenated alkanes) is 37. The molecule has 0 amide bonds. The quantitative estimate of drug-likeness (QED) is 0.0197. The number of aliphatic hydroxyl groups is 1. The third-order valence-corrected chi connectivity index (χ3v) is 14.1. The number of allylic oxidation sites excluding steroid dienone is 2. The van der Waals surface area contributed by atoms with Crippen molar-refractivity contribution < 1.29 is 52.2 Å². The highest BCUT2D eigenvalue weighted by Crippen LogP contribution is 2.43. The molecule has 0 spiro atoms. The van der Waals surface area contributed by atoms with Gasteiger partial charge in [-0.15, -0.1) is 0 Å². The van der Waals surface area contributed by atoms with Gasteiger partial charge in [-0.1, -0.05) is 251 Å². The van der Waals surface area contributed by atoms with Gasteiger partial charge in [0.05, 0.1) is 19.8 Å². The molecule has 12 heteroatoms. The Hall–Kier alpha value is -1.78. The fraction of sp³-hybridized carbons (Fsp3) is 0.914. The molecule has 0 rings (SSSR count). The molecule has 0 aliphatic carbocycles. The number of aliphatic hydroxyl groups excluding tert-OH is 1. The molecule has 0 radical (unpaired) electrons. The van der Waals surface area contributed by atoms with Crippen molar-refractivity contribution in [1.29, 1.82) is 0 Å². The van der Waals surface area contributed by atoms with Gasteiger partial charge in [-0.05, 0) is 44.9 Å². The number of phosphoric acid groups is 1. The number of hydrogen-bond acceptors (Lipinski definition) is 10. The predicted octanol–water partition coefficient (Wildman–Crippen LogP) is 17.3. The smallest absolute Gasteiger partial charge is 0.462 e. The van der Waals surface area contributed by atoms with Gasteiger partial charge in [-0.2, -0.15) is 0 Å². The molecule has 3 unspecified atom stereocenters. The van der Waals surface area contributed by atoms with Crippen molar-refractivity contribution in [3.05, 3.63) is 12.2 Å². The Morgan fingerprint density at radius 1 is 0.386 bits per heavy atom. The predicted molar refractivity (Wildman–Crippen MR) is 289 cm³/mol. The van der Waals surface area contributed by atoms with Crippen LogP contribution in [-0.4, -0.2) is 66.5 Å². The molecule has 3 atom stereocenters. The maximum atomic E-state index is 12.9. The van der Waals surface area contributed by atoms with Gasteiger partial charge in [0.25, 0.3) is 0 Å². The molecule has 0 saturated carbocycles. The Bertz CT molecular complexity index is 1230. The van der Waals surface area contributed by atoms with Crippen LogP contribution < -0.4 is 0 Å². The average molecular weight is 1020 g/mol. The van der Waals surface area contributed by atoms with Gasteiger partial charge < -0.3 is 24.2 Å². The van der Waals surface area contributed by atoms with E-state index in [9.17, 15) is 28.9 Å². The van der Waals surface area contributed by atoms with E-state index in [1.165, 1.54) is 167 Å². The van der Waals surface area contributed by atoms with Crippen molar-refractivity contribution in [2.24, 2.45) is 0 Å². The topological polar surface area (TPSA) is 155 Å². The Kier molecular flexibility index (Phi) is 52.1. The monoisotopic (exact) mass is 1010 g/mol. The van der Waals surface area contributed by atoms with Crippen LogP contribution in [0.3, 0.4) is 0 Å². The molecule has 414 valence electrons. The van der Waals surface area contributed by atoms with Crippen molar-refractivity contribution in [3.63, 3.8) is 0 Å². The average Bonchev–Trinajstić information content (AvgIpc) is 3.35. The number of ether oxygens (including phenoxy) is 3. The molecule has 11 nitrogen and oxygen atoms in total. The molecular formula is C58H111O11P. The molecule has 70 heavy (non-hydrogen) atoms. The summed E-state index contributed by atoms with van der Waals surface area (Å²) in [6, 6.07) is 0. The molecular weight excluding hydrogens is 904 g/mol. The van der Waals surface area contributed by atoms with Crippen LogP contribution >= 0.6 is 7.82 Å². The third-order valence-electron chi connectivity index (χ3n) is 13.2. The number of carbonyl (C=O) groups excluding carboxylic acids is 3. The minimum absolute atomic E-state index is 0.165. The third kappa shape index (κ3) is 51.1. The fourth-order valence-corrected chi connectivity index (χ4v) is 9.43. The standard InChI is InChI=1S/C58H111O11P/c1-4-7-10-13-16-19-22-24-26-27-29-30-33-35-38-41-44-47-56(60)65-51-55(69-58(62)49-46-43-40-37-34-31-28-25-23-20-17-14-11-8-5-2)53-67-70(63,64)66-52-54(50-59)68-57(61)48-45-42-39-36-32-21-18-15-12-9-6-3/h25,28,54-55,59H,4-24,26-27,29-53H2,1-3H3,(H,63,64)/b28-25-. The molecule has 0 aromatic heterocycles. The molecule has 0 aliphatic rings. The molecule has 0 heterocycles. The second-order valence-corrected chi connectivity index (χ2v) is 21.6. The lowest BCUT2D eigenvalue weighted by atomic mass is 10.0. The number of rotatable bonds is 56. The first-order chi connectivity index (χ1) is 34.2. The van der Waals surface area contributed by atoms with Crippen molar-refractivity contribution in [2.75, 3.05) is 26.4 Å². The Labute approximate surface area is 430 Å². The van der Waals surface area contributed by atoms with Crippen LogP contribution in [0.2, 0.25) is 0 Å².